The highest BCUT2D eigenvalue weighted by Gasteiger charge is 2.13. The quantitative estimate of drug-likeness (QED) is 0.926. The monoisotopic (exact) mass is 267 g/mol. The molecule has 6 heteroatoms. The molecule has 1 aromatic heterocycles. The highest BCUT2D eigenvalue weighted by atomic mass is 35.5. The van der Waals surface area contributed by atoms with Crippen LogP contribution >= 0.6 is 11.6 Å². The molecule has 0 spiro atoms. The molecular weight excluding hydrogens is 261 g/mol. The maximum Gasteiger partial charge on any atom is 0.341 e. The molecule has 18 heavy (non-hydrogen) atoms. The summed E-state index contributed by atoms with van der Waals surface area (Å²) in [5.41, 5.74) is -0.104. The van der Waals surface area contributed by atoms with Gasteiger partial charge in [-0.1, -0.05) is 11.6 Å². The number of halogens is 2. The summed E-state index contributed by atoms with van der Waals surface area (Å²) in [4.78, 5) is 14.7. The second kappa shape index (κ2) is 5.01. The van der Waals surface area contributed by atoms with Crippen LogP contribution in [0.25, 0.3) is 0 Å². The van der Waals surface area contributed by atoms with Crippen molar-refractivity contribution in [2.24, 2.45) is 0 Å². The Bertz CT molecular complexity index is 604. The summed E-state index contributed by atoms with van der Waals surface area (Å²) >= 11 is 5.53. The van der Waals surface area contributed by atoms with E-state index in [1.165, 1.54) is 30.5 Å². The van der Waals surface area contributed by atoms with Crippen LogP contribution in [0.4, 0.5) is 4.39 Å². The number of carbonyl (C=O) groups is 1. The van der Waals surface area contributed by atoms with E-state index < -0.39 is 11.8 Å². The van der Waals surface area contributed by atoms with E-state index in [1.54, 1.807) is 0 Å². The van der Waals surface area contributed by atoms with Gasteiger partial charge in [0.2, 0.25) is 5.88 Å². The topological polar surface area (TPSA) is 59.4 Å². The van der Waals surface area contributed by atoms with Gasteiger partial charge in [-0.15, -0.1) is 0 Å². The molecule has 1 heterocycles. The SMILES string of the molecule is O=C(O)c1cccnc1Oc1ccc(Cl)c(F)c1. The van der Waals surface area contributed by atoms with Crippen LogP contribution in [0.3, 0.4) is 0 Å². The molecule has 0 atom stereocenters. The summed E-state index contributed by atoms with van der Waals surface area (Å²) in [5, 5.41) is 8.89. The number of nitrogens with zero attached hydrogens (tertiary/aromatic N) is 1. The van der Waals surface area contributed by atoms with Gasteiger partial charge in [-0.3, -0.25) is 0 Å². The van der Waals surface area contributed by atoms with Gasteiger partial charge in [0.1, 0.15) is 17.1 Å². The molecule has 0 fully saturated rings. The fourth-order valence-corrected chi connectivity index (χ4v) is 1.40. The average molecular weight is 268 g/mol. The molecule has 2 aromatic rings. The van der Waals surface area contributed by atoms with E-state index in [0.29, 0.717) is 0 Å². The Kier molecular flexibility index (Phi) is 3.43. The molecule has 0 bridgehead atoms. The predicted octanol–water partition coefficient (Wildman–Crippen LogP) is 3.36. The van der Waals surface area contributed by atoms with Crippen LogP contribution in [-0.2, 0) is 0 Å². The van der Waals surface area contributed by atoms with Crippen molar-refractivity contribution < 1.29 is 19.0 Å². The van der Waals surface area contributed by atoms with Crippen molar-refractivity contribution >= 4 is 17.6 Å². The second-order valence-corrected chi connectivity index (χ2v) is 3.75. The molecule has 0 aliphatic carbocycles. The lowest BCUT2D eigenvalue weighted by atomic mass is 10.3. The summed E-state index contributed by atoms with van der Waals surface area (Å²) in [6.45, 7) is 0. The van der Waals surface area contributed by atoms with E-state index in [-0.39, 0.29) is 22.2 Å². The van der Waals surface area contributed by atoms with Crippen LogP contribution in [0.1, 0.15) is 10.4 Å². The third-order valence-corrected chi connectivity index (χ3v) is 2.41. The van der Waals surface area contributed by atoms with Crippen molar-refractivity contribution in [1.29, 1.82) is 0 Å². The molecule has 4 nitrogen and oxygen atoms in total. The smallest absolute Gasteiger partial charge is 0.341 e. The summed E-state index contributed by atoms with van der Waals surface area (Å²) in [5.74, 6) is -1.81. The molecule has 1 aromatic carbocycles. The Labute approximate surface area is 107 Å². The highest BCUT2D eigenvalue weighted by molar-refractivity contribution is 6.30. The number of carboxylic acids is 1. The molecule has 0 saturated carbocycles. The largest absolute Gasteiger partial charge is 0.477 e. The first kappa shape index (κ1) is 12.3. The molecule has 0 amide bonds. The molecule has 0 aliphatic rings. The zero-order chi connectivity index (χ0) is 13.1. The van der Waals surface area contributed by atoms with Gasteiger partial charge in [0.25, 0.3) is 0 Å². The van der Waals surface area contributed by atoms with Crippen LogP contribution < -0.4 is 4.74 Å². The Hall–Kier alpha value is -2.14. The van der Waals surface area contributed by atoms with Crippen LogP contribution in [0.15, 0.2) is 36.5 Å². The fraction of sp³-hybridized carbons (Fsp3) is 0. The number of aromatic nitrogens is 1. The number of aromatic carboxylic acids is 1. The molecule has 1 N–H and O–H groups in total. The molecule has 2 rings (SSSR count). The van der Waals surface area contributed by atoms with Gasteiger partial charge in [0, 0.05) is 12.3 Å². The van der Waals surface area contributed by atoms with E-state index >= 15 is 0 Å². The molecular formula is C12H7ClFNO3. The zero-order valence-corrected chi connectivity index (χ0v) is 9.69. The Morgan fingerprint density at radius 1 is 1.39 bits per heavy atom. The van der Waals surface area contributed by atoms with E-state index in [1.807, 2.05) is 0 Å². The summed E-state index contributed by atoms with van der Waals surface area (Å²) in [7, 11) is 0. The lowest BCUT2D eigenvalue weighted by Gasteiger charge is -2.07. The number of hydrogen-bond donors (Lipinski definition) is 1. The van der Waals surface area contributed by atoms with Gasteiger partial charge in [-0.2, -0.15) is 0 Å². The van der Waals surface area contributed by atoms with Crippen molar-refractivity contribution in [3.05, 3.63) is 52.9 Å². The number of carboxylic acid groups (broad SMARTS) is 1. The van der Waals surface area contributed by atoms with Crippen LogP contribution in [0.5, 0.6) is 11.6 Å². The summed E-state index contributed by atoms with van der Waals surface area (Å²) in [6, 6.07) is 6.61. The van der Waals surface area contributed by atoms with Crippen LogP contribution in [0.2, 0.25) is 5.02 Å². The minimum absolute atomic E-state index is 0.0400. The highest BCUT2D eigenvalue weighted by Crippen LogP contribution is 2.26. The van der Waals surface area contributed by atoms with Gasteiger partial charge in [0.15, 0.2) is 0 Å². The fourth-order valence-electron chi connectivity index (χ4n) is 1.29. The maximum absolute atomic E-state index is 13.2. The Balaban J connectivity index is 2.34. The van der Waals surface area contributed by atoms with Gasteiger partial charge >= 0.3 is 5.97 Å². The molecule has 0 radical (unpaired) electrons. The number of pyridine rings is 1. The second-order valence-electron chi connectivity index (χ2n) is 3.34. The predicted molar refractivity (Wildman–Crippen MR) is 62.7 cm³/mol. The van der Waals surface area contributed by atoms with Crippen molar-refractivity contribution in [2.75, 3.05) is 0 Å². The maximum atomic E-state index is 13.2. The number of hydrogen-bond acceptors (Lipinski definition) is 3. The van der Waals surface area contributed by atoms with E-state index in [9.17, 15) is 9.18 Å². The molecule has 92 valence electrons. The zero-order valence-electron chi connectivity index (χ0n) is 8.93. The van der Waals surface area contributed by atoms with E-state index in [2.05, 4.69) is 4.98 Å². The first-order valence-corrected chi connectivity index (χ1v) is 5.27. The van der Waals surface area contributed by atoms with Gasteiger partial charge < -0.3 is 9.84 Å². The van der Waals surface area contributed by atoms with Gasteiger partial charge in [-0.25, -0.2) is 14.2 Å². The Morgan fingerprint density at radius 3 is 2.83 bits per heavy atom. The van der Waals surface area contributed by atoms with Crippen LogP contribution in [-0.4, -0.2) is 16.1 Å². The van der Waals surface area contributed by atoms with Crippen molar-refractivity contribution in [1.82, 2.24) is 4.98 Å². The number of benzene rings is 1. The third kappa shape index (κ3) is 2.57. The normalized spacial score (nSPS) is 10.1. The first-order chi connectivity index (χ1) is 8.58. The van der Waals surface area contributed by atoms with Gasteiger partial charge in [-0.05, 0) is 24.3 Å². The van der Waals surface area contributed by atoms with Crippen molar-refractivity contribution in [3.8, 4) is 11.6 Å². The van der Waals surface area contributed by atoms with E-state index in [4.69, 9.17) is 21.4 Å². The molecule has 0 unspecified atom stereocenters. The Morgan fingerprint density at radius 2 is 2.17 bits per heavy atom. The summed E-state index contributed by atoms with van der Waals surface area (Å²) < 4.78 is 18.4. The number of ether oxygens (including phenoxy) is 1. The average Bonchev–Trinajstić information content (AvgIpc) is 2.34. The minimum atomic E-state index is -1.17. The minimum Gasteiger partial charge on any atom is -0.477 e. The first-order valence-electron chi connectivity index (χ1n) is 4.89. The lowest BCUT2D eigenvalue weighted by Crippen LogP contribution is -2.01. The lowest BCUT2D eigenvalue weighted by molar-refractivity contribution is 0.0693. The molecule has 0 aliphatic heterocycles. The van der Waals surface area contributed by atoms with E-state index in [0.717, 1.165) is 6.07 Å². The molecule has 0 saturated heterocycles. The van der Waals surface area contributed by atoms with Crippen LogP contribution in [0, 0.1) is 5.82 Å². The number of rotatable bonds is 3. The van der Waals surface area contributed by atoms with Crippen molar-refractivity contribution in [3.63, 3.8) is 0 Å². The van der Waals surface area contributed by atoms with Gasteiger partial charge in [0.05, 0.1) is 5.02 Å². The third-order valence-electron chi connectivity index (χ3n) is 2.11. The van der Waals surface area contributed by atoms with Crippen molar-refractivity contribution in [2.45, 2.75) is 0 Å². The standard InChI is InChI=1S/C12H7ClFNO3/c13-9-4-3-7(6-10(9)14)18-11-8(12(16)17)2-1-5-15-11/h1-6H,(H,16,17). The summed E-state index contributed by atoms with van der Waals surface area (Å²) in [6.07, 6.45) is 1.38.